The van der Waals surface area contributed by atoms with Gasteiger partial charge >= 0.3 is 0 Å². The van der Waals surface area contributed by atoms with Gasteiger partial charge in [0, 0.05) is 12.6 Å². The van der Waals surface area contributed by atoms with E-state index in [9.17, 15) is 0 Å². The van der Waals surface area contributed by atoms with Crippen LogP contribution in [-0.2, 0) is 11.2 Å². The van der Waals surface area contributed by atoms with Crippen LogP contribution in [0.3, 0.4) is 0 Å². The Kier molecular flexibility index (Phi) is 7.65. The number of ether oxygens (including phenoxy) is 1. The van der Waals surface area contributed by atoms with Crippen molar-refractivity contribution in [3.05, 3.63) is 35.9 Å². The van der Waals surface area contributed by atoms with E-state index in [1.807, 2.05) is 13.0 Å². The zero-order valence-corrected chi connectivity index (χ0v) is 11.6. The average molecular weight is 250 g/mol. The average Bonchev–Trinajstić information content (AvgIpc) is 2.41. The quantitative estimate of drug-likeness (QED) is 0.523. The van der Waals surface area contributed by atoms with Gasteiger partial charge < -0.3 is 4.74 Å². The van der Waals surface area contributed by atoms with Gasteiger partial charge in [0.25, 0.3) is 0 Å². The van der Waals surface area contributed by atoms with Crippen molar-refractivity contribution in [2.24, 2.45) is 5.84 Å². The highest BCUT2D eigenvalue weighted by molar-refractivity contribution is 5.14. The smallest absolute Gasteiger partial charge is 0.0741 e. The molecule has 3 heteroatoms. The van der Waals surface area contributed by atoms with Crippen LogP contribution in [0, 0.1) is 0 Å². The Hall–Kier alpha value is -0.900. The first-order valence-corrected chi connectivity index (χ1v) is 6.93. The summed E-state index contributed by atoms with van der Waals surface area (Å²) in [4.78, 5) is 0. The first-order valence-electron chi connectivity index (χ1n) is 6.93. The Morgan fingerprint density at radius 3 is 2.44 bits per heavy atom. The molecular formula is C15H26N2O. The van der Waals surface area contributed by atoms with Crippen molar-refractivity contribution < 1.29 is 4.74 Å². The molecule has 3 nitrogen and oxygen atoms in total. The fourth-order valence-corrected chi connectivity index (χ4v) is 2.24. The number of aryl methyl sites for hydroxylation is 1. The summed E-state index contributed by atoms with van der Waals surface area (Å²) in [6, 6.07) is 10.7. The van der Waals surface area contributed by atoms with E-state index in [1.165, 1.54) is 5.56 Å². The standard InChI is InChI=1S/C15H26N2O/c1-3-8-15(18-4-2)14(17-16)12-11-13-9-6-5-7-10-13/h5-7,9-10,14-15,17H,3-4,8,11-12,16H2,1-2H3. The SMILES string of the molecule is CCCC(OCC)C(CCc1ccccc1)NN. The van der Waals surface area contributed by atoms with Crippen molar-refractivity contribution in [1.29, 1.82) is 0 Å². The predicted octanol–water partition coefficient (Wildman–Crippen LogP) is 2.66. The highest BCUT2D eigenvalue weighted by Crippen LogP contribution is 2.13. The lowest BCUT2D eigenvalue weighted by atomic mass is 9.99. The Morgan fingerprint density at radius 1 is 1.17 bits per heavy atom. The second kappa shape index (κ2) is 9.09. The van der Waals surface area contributed by atoms with E-state index in [0.29, 0.717) is 0 Å². The zero-order valence-electron chi connectivity index (χ0n) is 11.6. The summed E-state index contributed by atoms with van der Waals surface area (Å²) < 4.78 is 5.78. The van der Waals surface area contributed by atoms with E-state index < -0.39 is 0 Å². The first-order chi connectivity index (χ1) is 8.81. The second-order valence-corrected chi connectivity index (χ2v) is 4.58. The summed E-state index contributed by atoms with van der Waals surface area (Å²) >= 11 is 0. The Labute approximate surface area is 111 Å². The van der Waals surface area contributed by atoms with E-state index in [0.717, 1.165) is 32.3 Å². The number of rotatable bonds is 9. The summed E-state index contributed by atoms with van der Waals surface area (Å²) in [5.41, 5.74) is 4.27. The van der Waals surface area contributed by atoms with Crippen molar-refractivity contribution >= 4 is 0 Å². The molecule has 1 aromatic carbocycles. The van der Waals surface area contributed by atoms with Crippen LogP contribution in [0.5, 0.6) is 0 Å². The Bertz CT molecular complexity index is 297. The molecule has 0 spiro atoms. The fraction of sp³-hybridized carbons (Fsp3) is 0.600. The zero-order chi connectivity index (χ0) is 13.2. The summed E-state index contributed by atoms with van der Waals surface area (Å²) in [6.45, 7) is 4.96. The molecule has 0 amide bonds. The van der Waals surface area contributed by atoms with Crippen LogP contribution in [0.2, 0.25) is 0 Å². The van der Waals surface area contributed by atoms with E-state index in [-0.39, 0.29) is 12.1 Å². The van der Waals surface area contributed by atoms with Gasteiger partial charge in [0.05, 0.1) is 6.10 Å². The van der Waals surface area contributed by atoms with Gasteiger partial charge in [-0.25, -0.2) is 0 Å². The summed E-state index contributed by atoms with van der Waals surface area (Å²) in [7, 11) is 0. The number of benzene rings is 1. The third kappa shape index (κ3) is 5.17. The molecule has 0 radical (unpaired) electrons. The number of hydrogen-bond donors (Lipinski definition) is 2. The van der Waals surface area contributed by atoms with Crippen molar-refractivity contribution in [2.75, 3.05) is 6.61 Å². The lowest BCUT2D eigenvalue weighted by Crippen LogP contribution is -2.45. The van der Waals surface area contributed by atoms with Crippen LogP contribution >= 0.6 is 0 Å². The monoisotopic (exact) mass is 250 g/mol. The summed E-state index contributed by atoms with van der Waals surface area (Å²) in [5, 5.41) is 0. The molecule has 0 saturated carbocycles. The third-order valence-electron chi connectivity index (χ3n) is 3.20. The van der Waals surface area contributed by atoms with Crippen molar-refractivity contribution in [1.82, 2.24) is 5.43 Å². The van der Waals surface area contributed by atoms with Gasteiger partial charge in [0.2, 0.25) is 0 Å². The van der Waals surface area contributed by atoms with Gasteiger partial charge in [0.1, 0.15) is 0 Å². The second-order valence-electron chi connectivity index (χ2n) is 4.58. The molecule has 0 aromatic heterocycles. The largest absolute Gasteiger partial charge is 0.377 e. The van der Waals surface area contributed by atoms with Crippen LogP contribution in [0.25, 0.3) is 0 Å². The van der Waals surface area contributed by atoms with Crippen molar-refractivity contribution in [3.8, 4) is 0 Å². The van der Waals surface area contributed by atoms with Gasteiger partial charge in [-0.3, -0.25) is 11.3 Å². The molecular weight excluding hydrogens is 224 g/mol. The fourth-order valence-electron chi connectivity index (χ4n) is 2.24. The molecule has 2 atom stereocenters. The summed E-state index contributed by atoms with van der Waals surface area (Å²) in [6.07, 6.45) is 4.42. The van der Waals surface area contributed by atoms with E-state index in [1.54, 1.807) is 0 Å². The minimum Gasteiger partial charge on any atom is -0.377 e. The molecule has 1 aromatic rings. The molecule has 0 aliphatic carbocycles. The van der Waals surface area contributed by atoms with Crippen LogP contribution in [0.15, 0.2) is 30.3 Å². The molecule has 3 N–H and O–H groups in total. The maximum absolute atomic E-state index is 5.78. The molecule has 0 aliphatic rings. The van der Waals surface area contributed by atoms with Crippen LogP contribution < -0.4 is 11.3 Å². The Morgan fingerprint density at radius 2 is 1.89 bits per heavy atom. The van der Waals surface area contributed by atoms with Gasteiger partial charge in [-0.1, -0.05) is 43.7 Å². The van der Waals surface area contributed by atoms with E-state index >= 15 is 0 Å². The number of hydrazine groups is 1. The molecule has 0 bridgehead atoms. The number of nitrogens with one attached hydrogen (secondary N) is 1. The molecule has 18 heavy (non-hydrogen) atoms. The lowest BCUT2D eigenvalue weighted by molar-refractivity contribution is 0.0260. The van der Waals surface area contributed by atoms with Crippen LogP contribution in [0.4, 0.5) is 0 Å². The maximum atomic E-state index is 5.78. The highest BCUT2D eigenvalue weighted by Gasteiger charge is 2.19. The van der Waals surface area contributed by atoms with Crippen molar-refractivity contribution in [2.45, 2.75) is 51.7 Å². The normalized spacial score (nSPS) is 14.4. The van der Waals surface area contributed by atoms with Crippen LogP contribution in [-0.4, -0.2) is 18.8 Å². The topological polar surface area (TPSA) is 47.3 Å². The molecule has 1 rings (SSSR count). The van der Waals surface area contributed by atoms with Gasteiger partial charge in [-0.05, 0) is 31.7 Å². The molecule has 0 aliphatic heterocycles. The summed E-state index contributed by atoms with van der Waals surface area (Å²) in [5.74, 6) is 5.67. The van der Waals surface area contributed by atoms with Crippen LogP contribution in [0.1, 0.15) is 38.7 Å². The van der Waals surface area contributed by atoms with Gasteiger partial charge in [-0.2, -0.15) is 0 Å². The maximum Gasteiger partial charge on any atom is 0.0741 e. The minimum atomic E-state index is 0.216. The minimum absolute atomic E-state index is 0.216. The molecule has 0 heterocycles. The molecule has 2 unspecified atom stereocenters. The number of nitrogens with two attached hydrogens (primary N) is 1. The first kappa shape index (κ1) is 15.2. The molecule has 0 saturated heterocycles. The lowest BCUT2D eigenvalue weighted by Gasteiger charge is -2.26. The molecule has 102 valence electrons. The Balaban J connectivity index is 2.48. The van der Waals surface area contributed by atoms with Crippen molar-refractivity contribution in [3.63, 3.8) is 0 Å². The van der Waals surface area contributed by atoms with Gasteiger partial charge in [0.15, 0.2) is 0 Å². The van der Waals surface area contributed by atoms with E-state index in [4.69, 9.17) is 10.6 Å². The highest BCUT2D eigenvalue weighted by atomic mass is 16.5. The number of hydrogen-bond acceptors (Lipinski definition) is 3. The third-order valence-corrected chi connectivity index (χ3v) is 3.20. The predicted molar refractivity (Wildman–Crippen MR) is 76.2 cm³/mol. The van der Waals surface area contributed by atoms with Gasteiger partial charge in [-0.15, -0.1) is 0 Å². The molecule has 0 fully saturated rings. The van der Waals surface area contributed by atoms with E-state index in [2.05, 4.69) is 36.6 Å².